The summed E-state index contributed by atoms with van der Waals surface area (Å²) < 4.78 is 0. The summed E-state index contributed by atoms with van der Waals surface area (Å²) in [5, 5.41) is 10.4. The van der Waals surface area contributed by atoms with E-state index in [1.165, 1.54) is 5.56 Å². The van der Waals surface area contributed by atoms with Crippen molar-refractivity contribution in [1.82, 2.24) is 0 Å². The smallest absolute Gasteiger partial charge is 0.168 e. The summed E-state index contributed by atoms with van der Waals surface area (Å²) in [5.74, 6) is -0.00380. The van der Waals surface area contributed by atoms with Crippen molar-refractivity contribution in [3.8, 4) is 0 Å². The van der Waals surface area contributed by atoms with Crippen molar-refractivity contribution in [2.24, 2.45) is 0 Å². The summed E-state index contributed by atoms with van der Waals surface area (Å²) in [6.45, 7) is 4.05. The average molecular weight is 246 g/mol. The lowest BCUT2D eigenvalue weighted by Crippen LogP contribution is -2.41. The lowest BCUT2D eigenvalue weighted by atomic mass is 9.79. The number of ketones is 1. The van der Waals surface area contributed by atoms with Crippen molar-refractivity contribution in [3.63, 3.8) is 0 Å². The van der Waals surface area contributed by atoms with Gasteiger partial charge in [-0.25, -0.2) is 0 Å². The normalized spacial score (nSPS) is 18.6. The van der Waals surface area contributed by atoms with Gasteiger partial charge >= 0.3 is 0 Å². The van der Waals surface area contributed by atoms with Crippen LogP contribution in [-0.4, -0.2) is 16.5 Å². The van der Waals surface area contributed by atoms with E-state index in [9.17, 15) is 9.90 Å². The lowest BCUT2D eigenvalue weighted by molar-refractivity contribution is -0.139. The van der Waals surface area contributed by atoms with Gasteiger partial charge in [0.05, 0.1) is 0 Å². The molecule has 2 rings (SSSR count). The lowest BCUT2D eigenvalue weighted by Gasteiger charge is -2.30. The molecular formula is C16H22O2. The van der Waals surface area contributed by atoms with Crippen LogP contribution >= 0.6 is 0 Å². The number of carbonyl (C=O) groups excluding carboxylic acids is 1. The molecule has 0 aromatic heterocycles. The average Bonchev–Trinajstić information content (AvgIpc) is 2.35. The Labute approximate surface area is 109 Å². The second-order valence-corrected chi connectivity index (χ2v) is 5.62. The molecule has 1 saturated carbocycles. The van der Waals surface area contributed by atoms with Crippen LogP contribution in [0, 0.1) is 13.8 Å². The Hall–Kier alpha value is -1.15. The standard InChI is InChI=1S/C16H22O2/c1-12-6-7-13(2)14(10-12)11-15(17)16(18)8-4-3-5-9-16/h6-7,10,18H,3-5,8-9,11H2,1-2H3. The van der Waals surface area contributed by atoms with Crippen LogP contribution in [0.25, 0.3) is 0 Å². The van der Waals surface area contributed by atoms with Crippen molar-refractivity contribution in [2.75, 3.05) is 0 Å². The summed E-state index contributed by atoms with van der Waals surface area (Å²) in [6.07, 6.45) is 4.71. The van der Waals surface area contributed by atoms with Crippen molar-refractivity contribution in [1.29, 1.82) is 0 Å². The quantitative estimate of drug-likeness (QED) is 0.889. The van der Waals surface area contributed by atoms with E-state index in [1.54, 1.807) is 0 Å². The molecular weight excluding hydrogens is 224 g/mol. The number of carbonyl (C=O) groups is 1. The Morgan fingerprint density at radius 1 is 1.22 bits per heavy atom. The van der Waals surface area contributed by atoms with Crippen LogP contribution in [0.4, 0.5) is 0 Å². The van der Waals surface area contributed by atoms with Gasteiger partial charge in [-0.3, -0.25) is 4.79 Å². The van der Waals surface area contributed by atoms with E-state index in [4.69, 9.17) is 0 Å². The largest absolute Gasteiger partial charge is 0.382 e. The third-order valence-corrected chi connectivity index (χ3v) is 4.06. The third kappa shape index (κ3) is 2.81. The molecule has 2 nitrogen and oxygen atoms in total. The van der Waals surface area contributed by atoms with Crippen LogP contribution in [0.2, 0.25) is 0 Å². The molecule has 0 aliphatic heterocycles. The molecule has 0 atom stereocenters. The molecule has 0 heterocycles. The number of hydrogen-bond donors (Lipinski definition) is 1. The van der Waals surface area contributed by atoms with E-state index >= 15 is 0 Å². The van der Waals surface area contributed by atoms with Crippen molar-refractivity contribution in [2.45, 2.75) is 58.0 Å². The van der Waals surface area contributed by atoms with Crippen LogP contribution in [0.1, 0.15) is 48.8 Å². The number of benzene rings is 1. The predicted molar refractivity (Wildman–Crippen MR) is 72.7 cm³/mol. The molecule has 1 aromatic rings. The molecule has 0 bridgehead atoms. The molecule has 98 valence electrons. The molecule has 0 saturated heterocycles. The number of aliphatic hydroxyl groups is 1. The van der Waals surface area contributed by atoms with E-state index < -0.39 is 5.60 Å². The highest BCUT2D eigenvalue weighted by molar-refractivity contribution is 5.89. The molecule has 0 radical (unpaired) electrons. The van der Waals surface area contributed by atoms with Gasteiger partial charge in [0.15, 0.2) is 5.78 Å². The molecule has 1 aromatic carbocycles. The Kier molecular flexibility index (Phi) is 3.86. The monoisotopic (exact) mass is 246 g/mol. The highest BCUT2D eigenvalue weighted by Crippen LogP contribution is 2.30. The van der Waals surface area contributed by atoms with Gasteiger partial charge in [-0.2, -0.15) is 0 Å². The number of Topliss-reactive ketones (excluding diaryl/α,β-unsaturated/α-hetero) is 1. The fourth-order valence-corrected chi connectivity index (χ4v) is 2.74. The van der Waals surface area contributed by atoms with Crippen LogP contribution in [0.3, 0.4) is 0 Å². The van der Waals surface area contributed by atoms with E-state index in [0.717, 1.165) is 30.4 Å². The number of aryl methyl sites for hydroxylation is 2. The first kappa shape index (κ1) is 13.3. The van der Waals surface area contributed by atoms with E-state index in [0.29, 0.717) is 19.3 Å². The maximum Gasteiger partial charge on any atom is 0.168 e. The van der Waals surface area contributed by atoms with E-state index in [2.05, 4.69) is 12.1 Å². The first-order chi connectivity index (χ1) is 8.51. The molecule has 1 N–H and O–H groups in total. The first-order valence-electron chi connectivity index (χ1n) is 6.83. The molecule has 2 heteroatoms. The van der Waals surface area contributed by atoms with Crippen molar-refractivity contribution < 1.29 is 9.90 Å². The third-order valence-electron chi connectivity index (χ3n) is 4.06. The van der Waals surface area contributed by atoms with Gasteiger partial charge in [0.1, 0.15) is 5.60 Å². The SMILES string of the molecule is Cc1ccc(C)c(CC(=O)C2(O)CCCCC2)c1. The minimum Gasteiger partial charge on any atom is -0.382 e. The summed E-state index contributed by atoms with van der Waals surface area (Å²) in [4.78, 5) is 12.3. The Morgan fingerprint density at radius 3 is 2.56 bits per heavy atom. The molecule has 0 spiro atoms. The molecule has 1 aliphatic rings. The Balaban J connectivity index is 2.13. The van der Waals surface area contributed by atoms with Gasteiger partial charge in [0.25, 0.3) is 0 Å². The van der Waals surface area contributed by atoms with Gasteiger partial charge in [0, 0.05) is 6.42 Å². The topological polar surface area (TPSA) is 37.3 Å². The zero-order chi connectivity index (χ0) is 13.2. The van der Waals surface area contributed by atoms with Gasteiger partial charge in [0.2, 0.25) is 0 Å². The summed E-state index contributed by atoms with van der Waals surface area (Å²) in [6, 6.07) is 6.15. The highest BCUT2D eigenvalue weighted by atomic mass is 16.3. The zero-order valence-corrected chi connectivity index (χ0v) is 11.3. The van der Waals surface area contributed by atoms with Crippen molar-refractivity contribution in [3.05, 3.63) is 34.9 Å². The summed E-state index contributed by atoms with van der Waals surface area (Å²) >= 11 is 0. The fraction of sp³-hybridized carbons (Fsp3) is 0.562. The predicted octanol–water partition coefficient (Wildman–Crippen LogP) is 3.11. The number of rotatable bonds is 3. The van der Waals surface area contributed by atoms with Crippen LogP contribution in [-0.2, 0) is 11.2 Å². The van der Waals surface area contributed by atoms with Gasteiger partial charge in [-0.1, -0.05) is 43.0 Å². The van der Waals surface area contributed by atoms with E-state index in [1.807, 2.05) is 19.9 Å². The summed E-state index contributed by atoms with van der Waals surface area (Å²) in [7, 11) is 0. The maximum absolute atomic E-state index is 12.3. The van der Waals surface area contributed by atoms with Crippen LogP contribution in [0.5, 0.6) is 0 Å². The fourth-order valence-electron chi connectivity index (χ4n) is 2.74. The van der Waals surface area contributed by atoms with Gasteiger partial charge in [-0.15, -0.1) is 0 Å². The first-order valence-corrected chi connectivity index (χ1v) is 6.83. The summed E-state index contributed by atoms with van der Waals surface area (Å²) in [5.41, 5.74) is 2.29. The Morgan fingerprint density at radius 2 is 1.89 bits per heavy atom. The van der Waals surface area contributed by atoms with Gasteiger partial charge < -0.3 is 5.11 Å². The minimum absolute atomic E-state index is 0.00380. The molecule has 0 unspecified atom stereocenters. The van der Waals surface area contributed by atoms with Crippen molar-refractivity contribution >= 4 is 5.78 Å². The molecule has 1 aliphatic carbocycles. The minimum atomic E-state index is -1.06. The molecule has 1 fully saturated rings. The molecule has 18 heavy (non-hydrogen) atoms. The van der Waals surface area contributed by atoms with E-state index in [-0.39, 0.29) is 5.78 Å². The second-order valence-electron chi connectivity index (χ2n) is 5.62. The maximum atomic E-state index is 12.3. The van der Waals surface area contributed by atoms with Crippen LogP contribution in [0.15, 0.2) is 18.2 Å². The molecule has 0 amide bonds. The zero-order valence-electron chi connectivity index (χ0n) is 11.3. The second kappa shape index (κ2) is 5.23. The number of hydrogen-bond acceptors (Lipinski definition) is 2. The highest BCUT2D eigenvalue weighted by Gasteiger charge is 2.36. The van der Waals surface area contributed by atoms with Gasteiger partial charge in [-0.05, 0) is 37.8 Å². The van der Waals surface area contributed by atoms with Crippen LogP contribution < -0.4 is 0 Å². The Bertz CT molecular complexity index is 442.